The summed E-state index contributed by atoms with van der Waals surface area (Å²) in [7, 11) is 0. The molecule has 1 fully saturated rings. The van der Waals surface area contributed by atoms with Crippen molar-refractivity contribution in [1.29, 1.82) is 0 Å². The van der Waals surface area contributed by atoms with Crippen molar-refractivity contribution in [2.45, 2.75) is 26.7 Å². The van der Waals surface area contributed by atoms with Gasteiger partial charge in [0, 0.05) is 32.1 Å². The molecule has 19 heavy (non-hydrogen) atoms. The van der Waals surface area contributed by atoms with Gasteiger partial charge in [-0.3, -0.25) is 4.79 Å². The number of nitrogens with zero attached hydrogens (tertiary/aromatic N) is 2. The third-order valence-electron chi connectivity index (χ3n) is 3.38. The second-order valence-corrected chi connectivity index (χ2v) is 4.84. The Hall–Kier alpha value is -1.30. The normalized spacial score (nSPS) is 17.2. The van der Waals surface area contributed by atoms with Crippen LogP contribution < -0.4 is 5.73 Å². The van der Waals surface area contributed by atoms with Gasteiger partial charge in [0.05, 0.1) is 6.61 Å². The summed E-state index contributed by atoms with van der Waals surface area (Å²) in [6, 6.07) is 0. The molecule has 0 bridgehead atoms. The molecule has 1 rings (SSSR count). The first kappa shape index (κ1) is 15.8. The molecule has 2 N–H and O–H groups in total. The van der Waals surface area contributed by atoms with Crippen LogP contribution in [0.1, 0.15) is 26.7 Å². The maximum Gasteiger partial charge on any atom is 0.409 e. The van der Waals surface area contributed by atoms with Crippen molar-refractivity contribution in [1.82, 2.24) is 9.80 Å². The van der Waals surface area contributed by atoms with E-state index in [1.54, 1.807) is 11.8 Å². The Morgan fingerprint density at radius 3 is 2.32 bits per heavy atom. The van der Waals surface area contributed by atoms with Gasteiger partial charge in [-0.05, 0) is 26.3 Å². The van der Waals surface area contributed by atoms with Crippen LogP contribution >= 0.6 is 0 Å². The number of piperazine rings is 1. The lowest BCUT2D eigenvalue weighted by molar-refractivity contribution is -0.136. The Balaban J connectivity index is 2.36. The molecule has 1 saturated heterocycles. The molecule has 0 aliphatic carbocycles. The van der Waals surface area contributed by atoms with Gasteiger partial charge in [-0.15, -0.1) is 0 Å². The highest BCUT2D eigenvalue weighted by atomic mass is 16.6. The smallest absolute Gasteiger partial charge is 0.409 e. The van der Waals surface area contributed by atoms with Gasteiger partial charge in [0.15, 0.2) is 0 Å². The maximum absolute atomic E-state index is 12.2. The number of amides is 2. The Morgan fingerprint density at radius 2 is 1.79 bits per heavy atom. The minimum absolute atomic E-state index is 0.0118. The SMILES string of the molecule is CCOC(=O)N1CCN(C(=O)C(C)CCCN)CC1. The summed E-state index contributed by atoms with van der Waals surface area (Å²) >= 11 is 0. The van der Waals surface area contributed by atoms with Crippen molar-refractivity contribution in [2.24, 2.45) is 11.7 Å². The average molecular weight is 271 g/mol. The standard InChI is InChI=1S/C13H25N3O3/c1-3-19-13(18)16-9-7-15(8-10-16)12(17)11(2)5-4-6-14/h11H,3-10,14H2,1-2H3. The zero-order valence-corrected chi connectivity index (χ0v) is 11.9. The largest absolute Gasteiger partial charge is 0.450 e. The zero-order chi connectivity index (χ0) is 14.3. The van der Waals surface area contributed by atoms with Gasteiger partial charge in [0.1, 0.15) is 0 Å². The lowest BCUT2D eigenvalue weighted by Gasteiger charge is -2.35. The molecular formula is C13H25N3O3. The Labute approximate surface area is 114 Å². The van der Waals surface area contributed by atoms with Crippen LogP contribution in [0.3, 0.4) is 0 Å². The van der Waals surface area contributed by atoms with E-state index in [1.807, 2.05) is 11.8 Å². The quantitative estimate of drug-likeness (QED) is 0.797. The van der Waals surface area contributed by atoms with Crippen molar-refractivity contribution in [3.05, 3.63) is 0 Å². The van der Waals surface area contributed by atoms with E-state index in [4.69, 9.17) is 10.5 Å². The number of nitrogens with two attached hydrogens (primary N) is 1. The van der Waals surface area contributed by atoms with Crippen LogP contribution in [-0.4, -0.2) is 61.1 Å². The summed E-state index contributed by atoms with van der Waals surface area (Å²) in [4.78, 5) is 27.2. The van der Waals surface area contributed by atoms with Gasteiger partial charge in [-0.1, -0.05) is 6.92 Å². The molecule has 1 heterocycles. The van der Waals surface area contributed by atoms with Crippen molar-refractivity contribution in [3.63, 3.8) is 0 Å². The number of hydrogen-bond acceptors (Lipinski definition) is 4. The van der Waals surface area contributed by atoms with Crippen LogP contribution in [0.25, 0.3) is 0 Å². The van der Waals surface area contributed by atoms with Crippen LogP contribution in [0, 0.1) is 5.92 Å². The third-order valence-corrected chi connectivity index (χ3v) is 3.38. The first-order chi connectivity index (χ1) is 9.10. The second kappa shape index (κ2) is 7.99. The number of ether oxygens (including phenoxy) is 1. The topological polar surface area (TPSA) is 75.9 Å². The molecule has 1 atom stereocenters. The number of carbonyl (C=O) groups excluding carboxylic acids is 2. The molecule has 1 aliphatic rings. The van der Waals surface area contributed by atoms with Crippen LogP contribution in [0.5, 0.6) is 0 Å². The molecule has 6 nitrogen and oxygen atoms in total. The molecule has 1 unspecified atom stereocenters. The predicted octanol–water partition coefficient (Wildman–Crippen LogP) is 0.662. The summed E-state index contributed by atoms with van der Waals surface area (Å²) in [6.45, 7) is 7.01. The van der Waals surface area contributed by atoms with Gasteiger partial charge < -0.3 is 20.3 Å². The molecule has 2 amide bonds. The summed E-state index contributed by atoms with van der Waals surface area (Å²) < 4.78 is 4.95. The first-order valence-corrected chi connectivity index (χ1v) is 7.00. The molecule has 0 saturated carbocycles. The van der Waals surface area contributed by atoms with Gasteiger partial charge in [-0.2, -0.15) is 0 Å². The Morgan fingerprint density at radius 1 is 1.21 bits per heavy atom. The van der Waals surface area contributed by atoms with Gasteiger partial charge in [0.25, 0.3) is 0 Å². The minimum atomic E-state index is -0.286. The molecule has 110 valence electrons. The van der Waals surface area contributed by atoms with E-state index in [-0.39, 0.29) is 17.9 Å². The molecule has 0 spiro atoms. The molecule has 0 radical (unpaired) electrons. The monoisotopic (exact) mass is 271 g/mol. The van der Waals surface area contributed by atoms with E-state index < -0.39 is 0 Å². The van der Waals surface area contributed by atoms with Crippen LogP contribution in [-0.2, 0) is 9.53 Å². The van der Waals surface area contributed by atoms with E-state index in [1.165, 1.54) is 0 Å². The summed E-state index contributed by atoms with van der Waals surface area (Å²) in [6.07, 6.45) is 1.41. The fraction of sp³-hybridized carbons (Fsp3) is 0.846. The zero-order valence-electron chi connectivity index (χ0n) is 11.9. The fourth-order valence-corrected chi connectivity index (χ4v) is 2.18. The van der Waals surface area contributed by atoms with E-state index in [9.17, 15) is 9.59 Å². The molecule has 1 aliphatic heterocycles. The fourth-order valence-electron chi connectivity index (χ4n) is 2.18. The van der Waals surface area contributed by atoms with Crippen molar-refractivity contribution < 1.29 is 14.3 Å². The Kier molecular flexibility index (Phi) is 6.62. The van der Waals surface area contributed by atoms with E-state index in [0.717, 1.165) is 12.8 Å². The summed E-state index contributed by atoms with van der Waals surface area (Å²) in [5, 5.41) is 0. The Bertz CT molecular complexity index is 302. The van der Waals surface area contributed by atoms with E-state index in [2.05, 4.69) is 0 Å². The number of hydrogen-bond donors (Lipinski definition) is 1. The molecule has 0 aromatic heterocycles. The van der Waals surface area contributed by atoms with Crippen molar-refractivity contribution in [2.75, 3.05) is 39.3 Å². The average Bonchev–Trinajstić information content (AvgIpc) is 2.44. The highest BCUT2D eigenvalue weighted by Crippen LogP contribution is 2.12. The van der Waals surface area contributed by atoms with Gasteiger partial charge >= 0.3 is 6.09 Å². The third kappa shape index (κ3) is 4.70. The summed E-state index contributed by atoms with van der Waals surface area (Å²) in [5.74, 6) is 0.176. The van der Waals surface area contributed by atoms with Crippen LogP contribution in [0.15, 0.2) is 0 Å². The lowest BCUT2D eigenvalue weighted by atomic mass is 10.0. The van der Waals surface area contributed by atoms with E-state index in [0.29, 0.717) is 39.3 Å². The maximum atomic E-state index is 12.2. The van der Waals surface area contributed by atoms with Crippen LogP contribution in [0.2, 0.25) is 0 Å². The minimum Gasteiger partial charge on any atom is -0.450 e. The van der Waals surface area contributed by atoms with Crippen LogP contribution in [0.4, 0.5) is 4.79 Å². The second-order valence-electron chi connectivity index (χ2n) is 4.84. The van der Waals surface area contributed by atoms with E-state index >= 15 is 0 Å². The van der Waals surface area contributed by atoms with Crippen molar-refractivity contribution >= 4 is 12.0 Å². The number of carbonyl (C=O) groups is 2. The lowest BCUT2D eigenvalue weighted by Crippen LogP contribution is -2.51. The van der Waals surface area contributed by atoms with Crippen molar-refractivity contribution in [3.8, 4) is 0 Å². The molecule has 6 heteroatoms. The number of rotatable bonds is 5. The highest BCUT2D eigenvalue weighted by molar-refractivity contribution is 5.79. The van der Waals surface area contributed by atoms with Gasteiger partial charge in [-0.25, -0.2) is 4.79 Å². The first-order valence-electron chi connectivity index (χ1n) is 7.00. The van der Waals surface area contributed by atoms with Gasteiger partial charge in [0.2, 0.25) is 5.91 Å². The summed E-state index contributed by atoms with van der Waals surface area (Å²) in [5.41, 5.74) is 5.45. The highest BCUT2D eigenvalue weighted by Gasteiger charge is 2.26. The predicted molar refractivity (Wildman–Crippen MR) is 72.6 cm³/mol. The molecule has 0 aromatic rings. The molecular weight excluding hydrogens is 246 g/mol. The molecule has 0 aromatic carbocycles.